The number of fused-ring (bicyclic) bond motifs is 1. The Morgan fingerprint density at radius 2 is 1.97 bits per heavy atom. The summed E-state index contributed by atoms with van der Waals surface area (Å²) < 4.78 is 33.3. The highest BCUT2D eigenvalue weighted by atomic mass is 32.1. The molecule has 4 rings (SSSR count). The molecule has 0 saturated carbocycles. The molecule has 0 saturated heterocycles. The van der Waals surface area contributed by atoms with Crippen LogP contribution in [0.1, 0.15) is 17.5 Å². The fourth-order valence-electron chi connectivity index (χ4n) is 4.10. The third-order valence-corrected chi connectivity index (χ3v) is 5.78. The van der Waals surface area contributed by atoms with Gasteiger partial charge >= 0.3 is 0 Å². The molecule has 2 aromatic carbocycles. The Balaban J connectivity index is 1.35. The van der Waals surface area contributed by atoms with Gasteiger partial charge < -0.3 is 20.3 Å². The number of benzene rings is 2. The summed E-state index contributed by atoms with van der Waals surface area (Å²) in [4.78, 5) is 2.18. The minimum absolute atomic E-state index is 0.0477. The van der Waals surface area contributed by atoms with E-state index in [2.05, 4.69) is 39.8 Å². The van der Waals surface area contributed by atoms with E-state index in [1.165, 1.54) is 11.6 Å². The maximum absolute atomic E-state index is 14.0. The number of hydrogen-bond acceptors (Lipinski definition) is 5. The Labute approximate surface area is 180 Å². The maximum atomic E-state index is 14.0. The van der Waals surface area contributed by atoms with Crippen molar-refractivity contribution in [1.82, 2.24) is 15.5 Å². The molecule has 2 atom stereocenters. The molecule has 2 unspecified atom stereocenters. The summed E-state index contributed by atoms with van der Waals surface area (Å²) in [6.45, 7) is 2.06. The number of rotatable bonds is 8. The minimum Gasteiger partial charge on any atom is -0.488 e. The predicted molar refractivity (Wildman–Crippen MR) is 117 cm³/mol. The molecule has 4 nitrogen and oxygen atoms in total. The highest BCUT2D eigenvalue weighted by molar-refractivity contribution is 7.79. The first-order valence-electron chi connectivity index (χ1n) is 10.2. The molecule has 2 N–H and O–H groups in total. The van der Waals surface area contributed by atoms with Gasteiger partial charge in [-0.05, 0) is 31.0 Å². The van der Waals surface area contributed by atoms with Gasteiger partial charge in [0.25, 0.3) is 0 Å². The molecule has 0 fully saturated rings. The maximum Gasteiger partial charge on any atom is 0.168 e. The van der Waals surface area contributed by atoms with E-state index >= 15 is 0 Å². The molecule has 0 amide bonds. The van der Waals surface area contributed by atoms with Crippen molar-refractivity contribution in [2.24, 2.45) is 0 Å². The molecule has 0 radical (unpaired) electrons. The highest BCUT2D eigenvalue weighted by Crippen LogP contribution is 2.33. The third kappa shape index (κ3) is 4.63. The Kier molecular flexibility index (Phi) is 6.59. The number of thiocarbonyl (C=S) groups is 1. The van der Waals surface area contributed by atoms with Crippen LogP contribution in [0.2, 0.25) is 0 Å². The van der Waals surface area contributed by atoms with Crippen LogP contribution in [0.3, 0.4) is 0 Å². The van der Waals surface area contributed by atoms with Crippen LogP contribution in [0.4, 0.5) is 8.78 Å². The number of ether oxygens (including phenoxy) is 1. The summed E-state index contributed by atoms with van der Waals surface area (Å²) in [7, 11) is 0. The van der Waals surface area contributed by atoms with Gasteiger partial charge in [0.15, 0.2) is 11.6 Å². The summed E-state index contributed by atoms with van der Waals surface area (Å²) in [5.74, 6) is -1.07. The second-order valence-corrected chi connectivity index (χ2v) is 7.84. The Bertz CT molecular complexity index is 922. The van der Waals surface area contributed by atoms with Gasteiger partial charge in [-0.3, -0.25) is 0 Å². The van der Waals surface area contributed by atoms with Crippen LogP contribution < -0.4 is 15.4 Å². The lowest BCUT2D eigenvalue weighted by Crippen LogP contribution is -2.49. The van der Waals surface area contributed by atoms with Crippen molar-refractivity contribution in [2.75, 3.05) is 19.7 Å². The van der Waals surface area contributed by atoms with Gasteiger partial charge in [-0.15, -0.1) is 0 Å². The lowest BCUT2D eigenvalue weighted by atomic mass is 10.00. The molecule has 0 spiro atoms. The number of hydrogen-bond donors (Lipinski definition) is 2. The van der Waals surface area contributed by atoms with Crippen molar-refractivity contribution in [1.29, 1.82) is 0 Å². The standard InChI is InChI=1S/C23H25F2N3OS/c24-18-10-17-11-20(14-29-23(17)21(25)12-18)28-19(13-27-22(28)15-30)7-9-26-8-6-16-4-2-1-3-5-16/h1-5,10,12-13,15,20,22,26-27H,6-9,11,14H2. The Morgan fingerprint density at radius 1 is 1.17 bits per heavy atom. The van der Waals surface area contributed by atoms with E-state index in [4.69, 9.17) is 17.0 Å². The van der Waals surface area contributed by atoms with E-state index in [-0.39, 0.29) is 18.0 Å². The molecule has 2 aliphatic heterocycles. The summed E-state index contributed by atoms with van der Waals surface area (Å²) in [6, 6.07) is 12.6. The third-order valence-electron chi connectivity index (χ3n) is 5.53. The lowest BCUT2D eigenvalue weighted by molar-refractivity contribution is 0.133. The van der Waals surface area contributed by atoms with Crippen LogP contribution in [0, 0.1) is 11.6 Å². The average molecular weight is 430 g/mol. The van der Waals surface area contributed by atoms with Gasteiger partial charge in [-0.1, -0.05) is 42.5 Å². The fourth-order valence-corrected chi connectivity index (χ4v) is 4.31. The van der Waals surface area contributed by atoms with Crippen molar-refractivity contribution in [2.45, 2.75) is 31.5 Å². The Hall–Kier alpha value is -2.51. The summed E-state index contributed by atoms with van der Waals surface area (Å²) in [5, 5.41) is 8.45. The lowest BCUT2D eigenvalue weighted by Gasteiger charge is -2.38. The van der Waals surface area contributed by atoms with E-state index in [9.17, 15) is 8.78 Å². The van der Waals surface area contributed by atoms with E-state index in [1.54, 1.807) is 5.37 Å². The molecule has 30 heavy (non-hydrogen) atoms. The van der Waals surface area contributed by atoms with Crippen LogP contribution in [-0.4, -0.2) is 42.2 Å². The van der Waals surface area contributed by atoms with Crippen molar-refractivity contribution >= 4 is 17.6 Å². The van der Waals surface area contributed by atoms with Gasteiger partial charge in [0.1, 0.15) is 18.6 Å². The molecule has 158 valence electrons. The first kappa shape index (κ1) is 20.8. The van der Waals surface area contributed by atoms with Crippen molar-refractivity contribution < 1.29 is 13.5 Å². The van der Waals surface area contributed by atoms with Gasteiger partial charge in [-0.25, -0.2) is 8.78 Å². The topological polar surface area (TPSA) is 36.5 Å². The van der Waals surface area contributed by atoms with Crippen LogP contribution >= 0.6 is 12.2 Å². The van der Waals surface area contributed by atoms with Gasteiger partial charge in [0, 0.05) is 41.9 Å². The van der Waals surface area contributed by atoms with Crippen LogP contribution in [0.5, 0.6) is 5.75 Å². The monoisotopic (exact) mass is 429 g/mol. The Morgan fingerprint density at radius 3 is 2.77 bits per heavy atom. The highest BCUT2D eigenvalue weighted by Gasteiger charge is 2.34. The van der Waals surface area contributed by atoms with Crippen LogP contribution in [-0.2, 0) is 12.8 Å². The molecule has 0 aliphatic carbocycles. The van der Waals surface area contributed by atoms with Crippen molar-refractivity contribution in [3.05, 3.63) is 77.1 Å². The minimum atomic E-state index is -0.646. The fraction of sp³-hybridized carbons (Fsp3) is 0.348. The average Bonchev–Trinajstić information content (AvgIpc) is 3.16. The molecule has 0 aromatic heterocycles. The SMILES string of the molecule is Fc1cc(F)c2c(c1)CC(N1C(CCNCCc3ccccc3)=CNC1C=S)CO2. The smallest absolute Gasteiger partial charge is 0.168 e. The van der Waals surface area contributed by atoms with E-state index < -0.39 is 11.6 Å². The van der Waals surface area contributed by atoms with Crippen molar-refractivity contribution in [3.8, 4) is 5.75 Å². The molecule has 2 aromatic rings. The first-order chi connectivity index (χ1) is 14.7. The number of halogens is 2. The van der Waals surface area contributed by atoms with Gasteiger partial charge in [0.05, 0.1) is 6.04 Å². The van der Waals surface area contributed by atoms with E-state index in [0.29, 0.717) is 18.6 Å². The van der Waals surface area contributed by atoms with Crippen molar-refractivity contribution in [3.63, 3.8) is 0 Å². The van der Waals surface area contributed by atoms with Gasteiger partial charge in [-0.2, -0.15) is 0 Å². The summed E-state index contributed by atoms with van der Waals surface area (Å²) >= 11 is 5.20. The summed E-state index contributed by atoms with van der Waals surface area (Å²) in [5.41, 5.74) is 2.98. The van der Waals surface area contributed by atoms with Crippen LogP contribution in [0.25, 0.3) is 0 Å². The second-order valence-electron chi connectivity index (χ2n) is 7.57. The molecule has 2 aliphatic rings. The second kappa shape index (κ2) is 9.53. The predicted octanol–water partition coefficient (Wildman–Crippen LogP) is 3.56. The molecule has 2 heterocycles. The van der Waals surface area contributed by atoms with E-state index in [0.717, 1.165) is 37.7 Å². The largest absolute Gasteiger partial charge is 0.488 e. The molecule has 0 bridgehead atoms. The quantitative estimate of drug-likeness (QED) is 0.496. The van der Waals surface area contributed by atoms with Gasteiger partial charge in [0.2, 0.25) is 0 Å². The molecular weight excluding hydrogens is 404 g/mol. The summed E-state index contributed by atoms with van der Waals surface area (Å²) in [6.07, 6.45) is 4.16. The molecule has 7 heteroatoms. The van der Waals surface area contributed by atoms with Crippen LogP contribution in [0.15, 0.2) is 54.4 Å². The number of nitrogens with one attached hydrogen (secondary N) is 2. The normalized spacial score (nSPS) is 20.2. The zero-order chi connectivity index (χ0) is 20.9. The zero-order valence-electron chi connectivity index (χ0n) is 16.6. The van der Waals surface area contributed by atoms with E-state index in [1.807, 2.05) is 12.3 Å². The number of nitrogens with zero attached hydrogens (tertiary/aromatic N) is 1. The zero-order valence-corrected chi connectivity index (χ0v) is 17.4. The first-order valence-corrected chi connectivity index (χ1v) is 10.7. The molecular formula is C23H25F2N3OS.